The van der Waals surface area contributed by atoms with Crippen LogP contribution in [-0.4, -0.2) is 36.0 Å². The molecule has 0 saturated carbocycles. The first-order valence-corrected chi connectivity index (χ1v) is 7.85. The molecule has 0 spiro atoms. The number of nitrogens with one attached hydrogen (secondary N) is 1. The van der Waals surface area contributed by atoms with Gasteiger partial charge >= 0.3 is 6.18 Å². The standard InChI is InChI=1S/C15H16BrF3N2O2/c1-9(10-3-2-4-12(16)5-10)20-14(23)11-6-13(22)21(7-11)8-15(17,18)19/h2-5,9,11H,6-8H2,1H3,(H,20,23)/t9-,11-/m0/s1. The van der Waals surface area contributed by atoms with E-state index in [1.165, 1.54) is 0 Å². The van der Waals surface area contributed by atoms with Crippen LogP contribution in [0, 0.1) is 5.92 Å². The normalized spacial score (nSPS) is 19.8. The highest BCUT2D eigenvalue weighted by Gasteiger charge is 2.40. The van der Waals surface area contributed by atoms with E-state index in [1.54, 1.807) is 6.92 Å². The summed E-state index contributed by atoms with van der Waals surface area (Å²) in [5, 5.41) is 2.75. The number of alkyl halides is 3. The van der Waals surface area contributed by atoms with Gasteiger partial charge in [-0.15, -0.1) is 0 Å². The summed E-state index contributed by atoms with van der Waals surface area (Å²) < 4.78 is 38.0. The number of likely N-dealkylation sites (tertiary alicyclic amines) is 1. The number of carbonyl (C=O) groups excluding carboxylic acids is 2. The summed E-state index contributed by atoms with van der Waals surface area (Å²) in [5.41, 5.74) is 0.865. The summed E-state index contributed by atoms with van der Waals surface area (Å²) in [6, 6.07) is 7.06. The molecule has 1 aromatic carbocycles. The van der Waals surface area contributed by atoms with Gasteiger partial charge in [0.25, 0.3) is 0 Å². The smallest absolute Gasteiger partial charge is 0.349 e. The fraction of sp³-hybridized carbons (Fsp3) is 0.467. The van der Waals surface area contributed by atoms with Gasteiger partial charge in [0.05, 0.1) is 12.0 Å². The van der Waals surface area contributed by atoms with Gasteiger partial charge < -0.3 is 10.2 Å². The van der Waals surface area contributed by atoms with Gasteiger partial charge in [-0.1, -0.05) is 28.1 Å². The molecule has 2 amide bonds. The van der Waals surface area contributed by atoms with Crippen molar-refractivity contribution >= 4 is 27.7 Å². The summed E-state index contributed by atoms with van der Waals surface area (Å²) in [7, 11) is 0. The lowest BCUT2D eigenvalue weighted by molar-refractivity contribution is -0.157. The van der Waals surface area contributed by atoms with Crippen molar-refractivity contribution in [3.05, 3.63) is 34.3 Å². The highest BCUT2D eigenvalue weighted by molar-refractivity contribution is 9.10. The maximum absolute atomic E-state index is 12.4. The van der Waals surface area contributed by atoms with Gasteiger partial charge in [0.1, 0.15) is 6.54 Å². The molecule has 1 heterocycles. The number of halogens is 4. The highest BCUT2D eigenvalue weighted by atomic mass is 79.9. The lowest BCUT2D eigenvalue weighted by atomic mass is 10.1. The average Bonchev–Trinajstić information content (AvgIpc) is 2.78. The first kappa shape index (κ1) is 17.8. The lowest BCUT2D eigenvalue weighted by Gasteiger charge is -2.19. The van der Waals surface area contributed by atoms with Crippen LogP contribution in [0.1, 0.15) is 24.9 Å². The Morgan fingerprint density at radius 2 is 2.17 bits per heavy atom. The molecule has 2 rings (SSSR count). The number of benzene rings is 1. The SMILES string of the molecule is C[C@H](NC(=O)[C@H]1CC(=O)N(CC(F)(F)F)C1)c1cccc(Br)c1. The van der Waals surface area contributed by atoms with E-state index in [0.29, 0.717) is 4.90 Å². The highest BCUT2D eigenvalue weighted by Crippen LogP contribution is 2.25. The second-order valence-corrected chi connectivity index (χ2v) is 6.49. The van der Waals surface area contributed by atoms with Crippen LogP contribution in [0.3, 0.4) is 0 Å². The summed E-state index contributed by atoms with van der Waals surface area (Å²) in [6.07, 6.45) is -4.64. The van der Waals surface area contributed by atoms with Crippen LogP contribution >= 0.6 is 15.9 Å². The monoisotopic (exact) mass is 392 g/mol. The zero-order valence-corrected chi connectivity index (χ0v) is 13.9. The van der Waals surface area contributed by atoms with Crippen molar-refractivity contribution in [1.29, 1.82) is 0 Å². The van der Waals surface area contributed by atoms with Crippen LogP contribution in [0.15, 0.2) is 28.7 Å². The number of rotatable bonds is 4. The van der Waals surface area contributed by atoms with E-state index in [-0.39, 0.29) is 19.0 Å². The molecule has 1 N–H and O–H groups in total. The average molecular weight is 393 g/mol. The van der Waals surface area contributed by atoms with E-state index in [4.69, 9.17) is 0 Å². The number of hydrogen-bond acceptors (Lipinski definition) is 2. The molecule has 4 nitrogen and oxygen atoms in total. The Morgan fingerprint density at radius 3 is 2.78 bits per heavy atom. The third-order valence-corrected chi connectivity index (χ3v) is 4.16. The Hall–Kier alpha value is -1.57. The second kappa shape index (κ2) is 6.90. The van der Waals surface area contributed by atoms with Gasteiger partial charge in [-0.05, 0) is 24.6 Å². The van der Waals surface area contributed by atoms with Crippen LogP contribution in [-0.2, 0) is 9.59 Å². The Labute approximate surface area is 140 Å². The molecule has 8 heteroatoms. The molecule has 1 aromatic rings. The molecule has 0 aliphatic carbocycles. The minimum Gasteiger partial charge on any atom is -0.349 e. The number of hydrogen-bond donors (Lipinski definition) is 1. The third-order valence-electron chi connectivity index (χ3n) is 3.66. The van der Waals surface area contributed by atoms with Gasteiger partial charge in [-0.25, -0.2) is 0 Å². The zero-order valence-electron chi connectivity index (χ0n) is 12.4. The molecule has 0 radical (unpaired) electrons. The number of amides is 2. The fourth-order valence-electron chi connectivity index (χ4n) is 2.51. The molecule has 126 valence electrons. The quantitative estimate of drug-likeness (QED) is 0.855. The van der Waals surface area contributed by atoms with Gasteiger partial charge in [-0.2, -0.15) is 13.2 Å². The molecule has 1 saturated heterocycles. The number of nitrogens with zero attached hydrogens (tertiary/aromatic N) is 1. The molecular weight excluding hydrogens is 377 g/mol. The molecule has 1 aliphatic heterocycles. The van der Waals surface area contributed by atoms with Gasteiger partial charge in [0.15, 0.2) is 0 Å². The summed E-state index contributed by atoms with van der Waals surface area (Å²) >= 11 is 3.34. The molecule has 0 bridgehead atoms. The van der Waals surface area contributed by atoms with Crippen molar-refractivity contribution in [2.24, 2.45) is 5.92 Å². The molecule has 1 fully saturated rings. The molecule has 23 heavy (non-hydrogen) atoms. The van der Waals surface area contributed by atoms with E-state index in [1.807, 2.05) is 24.3 Å². The van der Waals surface area contributed by atoms with Crippen molar-refractivity contribution in [1.82, 2.24) is 10.2 Å². The van der Waals surface area contributed by atoms with Crippen molar-refractivity contribution < 1.29 is 22.8 Å². The predicted octanol–water partition coefficient (Wildman–Crippen LogP) is 3.04. The Bertz CT molecular complexity index is 607. The van der Waals surface area contributed by atoms with Crippen molar-refractivity contribution in [2.75, 3.05) is 13.1 Å². The first-order chi connectivity index (χ1) is 10.7. The van der Waals surface area contributed by atoms with Crippen molar-refractivity contribution in [3.63, 3.8) is 0 Å². The largest absolute Gasteiger partial charge is 0.406 e. The van der Waals surface area contributed by atoms with Crippen molar-refractivity contribution in [2.45, 2.75) is 25.6 Å². The lowest BCUT2D eigenvalue weighted by Crippen LogP contribution is -2.37. The Balaban J connectivity index is 1.95. The van der Waals surface area contributed by atoms with E-state index in [2.05, 4.69) is 21.2 Å². The fourth-order valence-corrected chi connectivity index (χ4v) is 2.92. The summed E-state index contributed by atoms with van der Waals surface area (Å²) in [5.74, 6) is -1.80. The molecule has 0 aromatic heterocycles. The Kier molecular flexibility index (Phi) is 5.33. The van der Waals surface area contributed by atoms with E-state index in [0.717, 1.165) is 10.0 Å². The summed E-state index contributed by atoms with van der Waals surface area (Å²) in [6.45, 7) is 0.274. The van der Waals surface area contributed by atoms with Gasteiger partial charge in [-0.3, -0.25) is 9.59 Å². The predicted molar refractivity (Wildman–Crippen MR) is 81.4 cm³/mol. The number of carbonyl (C=O) groups is 2. The maximum atomic E-state index is 12.4. The van der Waals surface area contributed by atoms with Crippen LogP contribution in [0.2, 0.25) is 0 Å². The molecular formula is C15H16BrF3N2O2. The Morgan fingerprint density at radius 1 is 1.48 bits per heavy atom. The van der Waals surface area contributed by atoms with Gasteiger partial charge in [0.2, 0.25) is 11.8 Å². The molecule has 0 unspecified atom stereocenters. The minimum absolute atomic E-state index is 0.187. The van der Waals surface area contributed by atoms with E-state index < -0.39 is 30.5 Å². The first-order valence-electron chi connectivity index (χ1n) is 7.06. The third kappa shape index (κ3) is 4.95. The van der Waals surface area contributed by atoms with Crippen LogP contribution in [0.5, 0.6) is 0 Å². The summed E-state index contributed by atoms with van der Waals surface area (Å²) in [4.78, 5) is 24.5. The second-order valence-electron chi connectivity index (χ2n) is 5.58. The maximum Gasteiger partial charge on any atom is 0.406 e. The topological polar surface area (TPSA) is 49.4 Å². The van der Waals surface area contributed by atoms with Gasteiger partial charge in [0, 0.05) is 17.4 Å². The zero-order chi connectivity index (χ0) is 17.2. The van der Waals surface area contributed by atoms with E-state index >= 15 is 0 Å². The molecule has 1 aliphatic rings. The van der Waals surface area contributed by atoms with Crippen LogP contribution in [0.25, 0.3) is 0 Å². The van der Waals surface area contributed by atoms with Crippen molar-refractivity contribution in [3.8, 4) is 0 Å². The van der Waals surface area contributed by atoms with Crippen LogP contribution < -0.4 is 5.32 Å². The minimum atomic E-state index is -4.45. The van der Waals surface area contributed by atoms with E-state index in [9.17, 15) is 22.8 Å². The van der Waals surface area contributed by atoms with Crippen LogP contribution in [0.4, 0.5) is 13.2 Å². The molecule has 2 atom stereocenters.